The van der Waals surface area contributed by atoms with E-state index in [2.05, 4.69) is 5.10 Å². The van der Waals surface area contributed by atoms with Crippen LogP contribution in [-0.2, 0) is 6.54 Å². The number of aliphatic hydroxyl groups excluding tert-OH is 1. The number of rotatable bonds is 6. The summed E-state index contributed by atoms with van der Waals surface area (Å²) in [5, 5.41) is 23.5. The normalized spacial score (nSPS) is 12.2. The maximum absolute atomic E-state index is 12.7. The Balaban J connectivity index is 2.06. The first-order valence-electron chi connectivity index (χ1n) is 8.44. The fourth-order valence-corrected chi connectivity index (χ4v) is 2.77. The van der Waals surface area contributed by atoms with Gasteiger partial charge in [0.15, 0.2) is 11.5 Å². The summed E-state index contributed by atoms with van der Waals surface area (Å²) in [6, 6.07) is 13.7. The largest absolute Gasteiger partial charge is 0.508 e. The summed E-state index contributed by atoms with van der Waals surface area (Å²) in [5.74, 6) is -0.207. The zero-order chi connectivity index (χ0) is 18.7. The van der Waals surface area contributed by atoms with Gasteiger partial charge >= 0.3 is 0 Å². The highest BCUT2D eigenvalue weighted by atomic mass is 16.3. The molecule has 26 heavy (non-hydrogen) atoms. The Morgan fingerprint density at radius 2 is 1.85 bits per heavy atom. The number of fused-ring (bicyclic) bond motifs is 1. The van der Waals surface area contributed by atoms with Crippen LogP contribution in [0.1, 0.15) is 35.8 Å². The molecule has 1 aromatic heterocycles. The number of hydrogen-bond donors (Lipinski definition) is 2. The van der Waals surface area contributed by atoms with Crippen LogP contribution in [0.15, 0.2) is 53.3 Å². The van der Waals surface area contributed by atoms with E-state index < -0.39 is 11.5 Å². The van der Waals surface area contributed by atoms with Crippen LogP contribution in [0.25, 0.3) is 10.9 Å². The van der Waals surface area contributed by atoms with E-state index in [9.17, 15) is 19.8 Å². The predicted octanol–water partition coefficient (Wildman–Crippen LogP) is 2.49. The molecule has 0 fully saturated rings. The zero-order valence-electron chi connectivity index (χ0n) is 14.4. The first kappa shape index (κ1) is 17.8. The molecule has 0 radical (unpaired) electrons. The van der Waals surface area contributed by atoms with Gasteiger partial charge < -0.3 is 10.2 Å². The lowest BCUT2D eigenvalue weighted by Gasteiger charge is -2.12. The van der Waals surface area contributed by atoms with Crippen molar-refractivity contribution in [3.63, 3.8) is 0 Å². The first-order valence-corrected chi connectivity index (χ1v) is 8.44. The van der Waals surface area contributed by atoms with Crippen molar-refractivity contribution in [3.05, 3.63) is 70.0 Å². The molecule has 0 unspecified atom stereocenters. The van der Waals surface area contributed by atoms with Gasteiger partial charge in [0.2, 0.25) is 5.43 Å². The summed E-state index contributed by atoms with van der Waals surface area (Å²) in [6.45, 7) is 1.96. The van der Waals surface area contributed by atoms with Gasteiger partial charge in [0, 0.05) is 11.8 Å². The number of nitrogens with zero attached hydrogens (tertiary/aromatic N) is 2. The molecule has 2 aromatic carbocycles. The quantitative estimate of drug-likeness (QED) is 0.665. The number of aromatic hydroxyl groups is 1. The monoisotopic (exact) mass is 352 g/mol. The summed E-state index contributed by atoms with van der Waals surface area (Å²) in [7, 11) is 0. The summed E-state index contributed by atoms with van der Waals surface area (Å²) >= 11 is 0. The lowest BCUT2D eigenvalue weighted by atomic mass is 10.1. The number of aromatic nitrogens is 2. The van der Waals surface area contributed by atoms with E-state index >= 15 is 0 Å². The van der Waals surface area contributed by atoms with Crippen molar-refractivity contribution in [2.24, 2.45) is 0 Å². The second-order valence-electron chi connectivity index (χ2n) is 6.33. The van der Waals surface area contributed by atoms with Crippen molar-refractivity contribution in [2.75, 3.05) is 0 Å². The molecule has 6 nitrogen and oxygen atoms in total. The lowest BCUT2D eigenvalue weighted by molar-refractivity contribution is 0.0941. The Hall–Kier alpha value is -2.99. The highest BCUT2D eigenvalue weighted by Gasteiger charge is 2.18. The highest BCUT2D eigenvalue weighted by Crippen LogP contribution is 2.15. The summed E-state index contributed by atoms with van der Waals surface area (Å²) < 4.78 is 1.62. The number of Topliss-reactive ketones (excluding diaryl/α,β-unsaturated/α-hetero) is 1. The van der Waals surface area contributed by atoms with Crippen molar-refractivity contribution >= 4 is 16.7 Å². The van der Waals surface area contributed by atoms with E-state index in [1.54, 1.807) is 54.1 Å². The van der Waals surface area contributed by atoms with E-state index in [-0.39, 0.29) is 30.1 Å². The Morgan fingerprint density at radius 1 is 1.15 bits per heavy atom. The van der Waals surface area contributed by atoms with Gasteiger partial charge in [0.05, 0.1) is 18.2 Å². The van der Waals surface area contributed by atoms with Gasteiger partial charge in [-0.15, -0.1) is 0 Å². The van der Waals surface area contributed by atoms with Gasteiger partial charge in [0.25, 0.3) is 0 Å². The molecule has 2 N–H and O–H groups in total. The fraction of sp³-hybridized carbons (Fsp3) is 0.250. The van der Waals surface area contributed by atoms with Gasteiger partial charge in [-0.25, -0.2) is 0 Å². The van der Waals surface area contributed by atoms with Crippen molar-refractivity contribution in [2.45, 2.75) is 32.4 Å². The third kappa shape index (κ3) is 3.81. The SMILES string of the molecule is C[C@H](O)CCC(=O)c1nn(Cc2ccc(O)cc2)c2ccccc2c1=O. The molecule has 0 aliphatic rings. The van der Waals surface area contributed by atoms with E-state index in [0.29, 0.717) is 17.4 Å². The third-order valence-corrected chi connectivity index (χ3v) is 4.18. The molecule has 0 aliphatic carbocycles. The predicted molar refractivity (Wildman–Crippen MR) is 98.5 cm³/mol. The van der Waals surface area contributed by atoms with Gasteiger partial charge in [-0.2, -0.15) is 5.10 Å². The minimum absolute atomic E-state index is 0.0669. The Kier molecular flexibility index (Phi) is 5.14. The number of aliphatic hydroxyl groups is 1. The molecule has 0 bridgehead atoms. The molecule has 0 spiro atoms. The average Bonchev–Trinajstić information content (AvgIpc) is 2.64. The second kappa shape index (κ2) is 7.49. The Morgan fingerprint density at radius 3 is 2.54 bits per heavy atom. The molecular weight excluding hydrogens is 332 g/mol. The molecule has 0 saturated heterocycles. The van der Waals surface area contributed by atoms with Crippen molar-refractivity contribution in [3.8, 4) is 5.75 Å². The Bertz CT molecular complexity index is 991. The number of ketones is 1. The number of phenolic OH excluding ortho intramolecular Hbond substituents is 1. The number of para-hydroxylation sites is 1. The molecule has 1 atom stereocenters. The number of carbonyl (C=O) groups is 1. The Labute approximate surface area is 150 Å². The number of benzene rings is 2. The second-order valence-corrected chi connectivity index (χ2v) is 6.33. The lowest BCUT2D eigenvalue weighted by Crippen LogP contribution is -2.24. The zero-order valence-corrected chi connectivity index (χ0v) is 14.4. The maximum Gasteiger partial charge on any atom is 0.219 e. The minimum atomic E-state index is -0.612. The fourth-order valence-electron chi connectivity index (χ4n) is 2.77. The van der Waals surface area contributed by atoms with E-state index in [0.717, 1.165) is 5.56 Å². The van der Waals surface area contributed by atoms with Crippen LogP contribution in [0.4, 0.5) is 0 Å². The van der Waals surface area contributed by atoms with Gasteiger partial charge in [-0.05, 0) is 43.2 Å². The van der Waals surface area contributed by atoms with Gasteiger partial charge in [0.1, 0.15) is 5.75 Å². The van der Waals surface area contributed by atoms with E-state index in [1.165, 1.54) is 0 Å². The number of carbonyl (C=O) groups excluding carboxylic acids is 1. The van der Waals surface area contributed by atoms with Gasteiger partial charge in [-0.3, -0.25) is 14.3 Å². The maximum atomic E-state index is 12.7. The van der Waals surface area contributed by atoms with Crippen LogP contribution < -0.4 is 5.43 Å². The summed E-state index contributed by atoms with van der Waals surface area (Å²) in [4.78, 5) is 25.1. The molecule has 0 aliphatic heterocycles. The smallest absolute Gasteiger partial charge is 0.219 e. The molecule has 0 amide bonds. The number of phenols is 1. The van der Waals surface area contributed by atoms with Crippen LogP contribution in [0, 0.1) is 0 Å². The summed E-state index contributed by atoms with van der Waals surface area (Å²) in [6.07, 6.45) is -0.263. The highest BCUT2D eigenvalue weighted by molar-refractivity contribution is 5.96. The minimum Gasteiger partial charge on any atom is -0.508 e. The molecular formula is C20H20N2O4. The average molecular weight is 352 g/mol. The van der Waals surface area contributed by atoms with Crippen LogP contribution in [0.3, 0.4) is 0 Å². The van der Waals surface area contributed by atoms with Crippen LogP contribution in [-0.4, -0.2) is 31.9 Å². The standard InChI is InChI=1S/C20H20N2O4/c1-13(23)6-11-18(25)19-20(26)16-4-2-3-5-17(16)22(21-19)12-14-7-9-15(24)10-8-14/h2-5,7-10,13,23-24H,6,11-12H2,1H3/t13-/m0/s1. The topological polar surface area (TPSA) is 92.4 Å². The number of hydrogen-bond acceptors (Lipinski definition) is 5. The molecule has 3 rings (SSSR count). The summed E-state index contributed by atoms with van der Waals surface area (Å²) in [5.41, 5.74) is 1.02. The molecule has 134 valence electrons. The van der Waals surface area contributed by atoms with E-state index in [1.807, 2.05) is 6.07 Å². The van der Waals surface area contributed by atoms with Gasteiger partial charge in [-0.1, -0.05) is 24.3 Å². The van der Waals surface area contributed by atoms with E-state index in [4.69, 9.17) is 0 Å². The first-order chi connectivity index (χ1) is 12.5. The van der Waals surface area contributed by atoms with Crippen LogP contribution >= 0.6 is 0 Å². The van der Waals surface area contributed by atoms with Crippen molar-refractivity contribution in [1.82, 2.24) is 9.78 Å². The molecule has 1 heterocycles. The molecule has 6 heteroatoms. The van der Waals surface area contributed by atoms with Crippen LogP contribution in [0.5, 0.6) is 5.75 Å². The van der Waals surface area contributed by atoms with Crippen molar-refractivity contribution in [1.29, 1.82) is 0 Å². The van der Waals surface area contributed by atoms with Crippen LogP contribution in [0.2, 0.25) is 0 Å². The molecule has 0 saturated carbocycles. The third-order valence-electron chi connectivity index (χ3n) is 4.18. The van der Waals surface area contributed by atoms with Crippen molar-refractivity contribution < 1.29 is 15.0 Å². The molecule has 3 aromatic rings.